The molecular weight excluding hydrogens is 366 g/mol. The highest BCUT2D eigenvalue weighted by atomic mass is 35.5. The quantitative estimate of drug-likeness (QED) is 0.271. The average Bonchev–Trinajstić information content (AvgIpc) is 2.95. The fraction of sp³-hybridized carbons (Fsp3) is 0.100. The predicted molar refractivity (Wildman–Crippen MR) is 105 cm³/mol. The Hall–Kier alpha value is -3.25. The number of benzene rings is 2. The summed E-state index contributed by atoms with van der Waals surface area (Å²) in [5.74, 6) is -0.241. The molecule has 0 fully saturated rings. The molecule has 2 aromatic carbocycles. The number of aryl methyl sites for hydroxylation is 1. The first kappa shape index (κ1) is 18.5. The summed E-state index contributed by atoms with van der Waals surface area (Å²) >= 11 is 6.08. The molecular formula is C20H16ClN3O3. The molecule has 0 spiro atoms. The second-order valence-electron chi connectivity index (χ2n) is 5.95. The molecule has 7 heteroatoms. The molecule has 0 saturated carbocycles. The van der Waals surface area contributed by atoms with E-state index in [1.807, 2.05) is 37.3 Å². The molecule has 0 atom stereocenters. The molecule has 1 aromatic heterocycles. The monoisotopic (exact) mass is 381 g/mol. The minimum atomic E-state index is -0.506. The minimum Gasteiger partial charge on any atom is -0.289 e. The number of carbonyl (C=O) groups is 1. The van der Waals surface area contributed by atoms with Gasteiger partial charge >= 0.3 is 0 Å². The molecule has 0 unspecified atom stereocenters. The van der Waals surface area contributed by atoms with Gasteiger partial charge in [0.15, 0.2) is 5.78 Å². The van der Waals surface area contributed by atoms with Gasteiger partial charge in [0.05, 0.1) is 27.6 Å². The standard InChI is InChI=1S/C20H16ClN3O3/c1-13-20(14(2)23(22-13)16-6-4-3-5-7-16)19(25)11-8-15-12-17(24(26)27)9-10-18(15)21/h3-12H,1-2H3. The van der Waals surface area contributed by atoms with E-state index in [9.17, 15) is 14.9 Å². The van der Waals surface area contributed by atoms with Crippen LogP contribution in [0.2, 0.25) is 5.02 Å². The molecule has 3 aromatic rings. The number of nitro benzene ring substituents is 1. The highest BCUT2D eigenvalue weighted by Gasteiger charge is 2.17. The number of aromatic nitrogens is 2. The zero-order valence-corrected chi connectivity index (χ0v) is 15.5. The van der Waals surface area contributed by atoms with Crippen molar-refractivity contribution in [2.24, 2.45) is 0 Å². The lowest BCUT2D eigenvalue weighted by Gasteiger charge is -2.04. The third-order valence-corrected chi connectivity index (χ3v) is 4.49. The van der Waals surface area contributed by atoms with E-state index in [2.05, 4.69) is 5.10 Å². The molecule has 6 nitrogen and oxygen atoms in total. The maximum Gasteiger partial charge on any atom is 0.270 e. The van der Waals surface area contributed by atoms with Crippen molar-refractivity contribution in [3.05, 3.63) is 92.3 Å². The van der Waals surface area contributed by atoms with Crippen LogP contribution in [-0.4, -0.2) is 20.5 Å². The van der Waals surface area contributed by atoms with Crippen LogP contribution in [0.1, 0.15) is 27.3 Å². The van der Waals surface area contributed by atoms with E-state index in [4.69, 9.17) is 11.6 Å². The molecule has 0 N–H and O–H groups in total. The third-order valence-electron chi connectivity index (χ3n) is 4.14. The lowest BCUT2D eigenvalue weighted by Crippen LogP contribution is -2.01. The maximum atomic E-state index is 12.7. The van der Waals surface area contributed by atoms with Crippen molar-refractivity contribution >= 4 is 29.1 Å². The van der Waals surface area contributed by atoms with Crippen molar-refractivity contribution in [1.29, 1.82) is 0 Å². The molecule has 0 amide bonds. The van der Waals surface area contributed by atoms with Crippen LogP contribution < -0.4 is 0 Å². The summed E-state index contributed by atoms with van der Waals surface area (Å²) in [6, 6.07) is 13.6. The molecule has 0 aliphatic heterocycles. The van der Waals surface area contributed by atoms with Gasteiger partial charge in [-0.2, -0.15) is 5.10 Å². The Morgan fingerprint density at radius 3 is 2.56 bits per heavy atom. The zero-order valence-electron chi connectivity index (χ0n) is 14.7. The van der Waals surface area contributed by atoms with E-state index in [1.165, 1.54) is 30.4 Å². The SMILES string of the molecule is Cc1nn(-c2ccccc2)c(C)c1C(=O)C=Cc1cc([N+](=O)[O-])ccc1Cl. The molecule has 3 rings (SSSR count). The highest BCUT2D eigenvalue weighted by molar-refractivity contribution is 6.32. The topological polar surface area (TPSA) is 78.0 Å². The predicted octanol–water partition coefficient (Wildman–Crippen LogP) is 4.95. The number of ketones is 1. The van der Waals surface area contributed by atoms with Gasteiger partial charge in [0.25, 0.3) is 5.69 Å². The third kappa shape index (κ3) is 3.80. The van der Waals surface area contributed by atoms with E-state index in [0.717, 1.165) is 11.4 Å². The van der Waals surface area contributed by atoms with Crippen molar-refractivity contribution in [3.8, 4) is 5.69 Å². The summed E-state index contributed by atoms with van der Waals surface area (Å²) in [4.78, 5) is 23.1. The van der Waals surface area contributed by atoms with E-state index >= 15 is 0 Å². The van der Waals surface area contributed by atoms with Crippen LogP contribution >= 0.6 is 11.6 Å². The number of nitro groups is 1. The zero-order chi connectivity index (χ0) is 19.6. The van der Waals surface area contributed by atoms with Gasteiger partial charge in [0, 0.05) is 17.2 Å². The molecule has 0 bridgehead atoms. The Balaban J connectivity index is 1.94. The molecule has 0 saturated heterocycles. The van der Waals surface area contributed by atoms with Crippen molar-refractivity contribution in [2.45, 2.75) is 13.8 Å². The fourth-order valence-corrected chi connectivity index (χ4v) is 3.02. The normalized spacial score (nSPS) is 11.1. The number of halogens is 1. The summed E-state index contributed by atoms with van der Waals surface area (Å²) in [6.07, 6.45) is 2.84. The molecule has 0 aliphatic rings. The molecule has 27 heavy (non-hydrogen) atoms. The summed E-state index contributed by atoms with van der Waals surface area (Å²) in [7, 11) is 0. The van der Waals surface area contributed by atoms with Crippen LogP contribution in [-0.2, 0) is 0 Å². The largest absolute Gasteiger partial charge is 0.289 e. The smallest absolute Gasteiger partial charge is 0.270 e. The van der Waals surface area contributed by atoms with Crippen molar-refractivity contribution in [3.63, 3.8) is 0 Å². The van der Waals surface area contributed by atoms with Gasteiger partial charge in [-0.15, -0.1) is 0 Å². The number of rotatable bonds is 5. The Labute approximate surface area is 160 Å². The highest BCUT2D eigenvalue weighted by Crippen LogP contribution is 2.24. The number of allylic oxidation sites excluding steroid dienone is 1. The van der Waals surface area contributed by atoms with Gasteiger partial charge in [-0.05, 0) is 49.8 Å². The van der Waals surface area contributed by atoms with Crippen molar-refractivity contribution in [1.82, 2.24) is 9.78 Å². The Kier molecular flexibility index (Phi) is 5.19. The van der Waals surface area contributed by atoms with Gasteiger partial charge in [-0.3, -0.25) is 14.9 Å². The van der Waals surface area contributed by atoms with Crippen LogP contribution in [0, 0.1) is 24.0 Å². The lowest BCUT2D eigenvalue weighted by molar-refractivity contribution is -0.384. The molecule has 1 heterocycles. The van der Waals surface area contributed by atoms with E-state index in [-0.39, 0.29) is 11.5 Å². The number of carbonyl (C=O) groups excluding carboxylic acids is 1. The summed E-state index contributed by atoms with van der Waals surface area (Å²) in [5, 5.41) is 15.7. The molecule has 0 radical (unpaired) electrons. The van der Waals surface area contributed by atoms with Gasteiger partial charge in [0.1, 0.15) is 0 Å². The van der Waals surface area contributed by atoms with Gasteiger partial charge < -0.3 is 0 Å². The van der Waals surface area contributed by atoms with Gasteiger partial charge in [0.2, 0.25) is 0 Å². The second kappa shape index (κ2) is 7.55. The van der Waals surface area contributed by atoms with Crippen LogP contribution in [0.4, 0.5) is 5.69 Å². The number of para-hydroxylation sites is 1. The van der Waals surface area contributed by atoms with Crippen LogP contribution in [0.3, 0.4) is 0 Å². The number of nitrogens with zero attached hydrogens (tertiary/aromatic N) is 3. The minimum absolute atomic E-state index is 0.0873. The maximum absolute atomic E-state index is 12.7. The summed E-state index contributed by atoms with van der Waals surface area (Å²) in [6.45, 7) is 3.60. The van der Waals surface area contributed by atoms with Crippen molar-refractivity contribution < 1.29 is 9.72 Å². The lowest BCUT2D eigenvalue weighted by atomic mass is 10.1. The number of hydrogen-bond donors (Lipinski definition) is 0. The first-order valence-electron chi connectivity index (χ1n) is 8.16. The van der Waals surface area contributed by atoms with Crippen molar-refractivity contribution in [2.75, 3.05) is 0 Å². The first-order chi connectivity index (χ1) is 12.9. The van der Waals surface area contributed by atoms with Gasteiger partial charge in [-0.1, -0.05) is 29.8 Å². The Morgan fingerprint density at radius 2 is 1.89 bits per heavy atom. The van der Waals surface area contributed by atoms with Crippen LogP contribution in [0.5, 0.6) is 0 Å². The number of hydrogen-bond acceptors (Lipinski definition) is 4. The van der Waals surface area contributed by atoms with E-state index in [1.54, 1.807) is 11.6 Å². The summed E-state index contributed by atoms with van der Waals surface area (Å²) < 4.78 is 1.72. The summed E-state index contributed by atoms with van der Waals surface area (Å²) in [5.41, 5.74) is 3.01. The second-order valence-corrected chi connectivity index (χ2v) is 6.36. The van der Waals surface area contributed by atoms with Crippen LogP contribution in [0.15, 0.2) is 54.6 Å². The van der Waals surface area contributed by atoms with Crippen LogP contribution in [0.25, 0.3) is 11.8 Å². The molecule has 0 aliphatic carbocycles. The Morgan fingerprint density at radius 1 is 1.19 bits per heavy atom. The average molecular weight is 382 g/mol. The number of non-ortho nitro benzene ring substituents is 1. The Bertz CT molecular complexity index is 1060. The first-order valence-corrected chi connectivity index (χ1v) is 8.54. The fourth-order valence-electron chi connectivity index (χ4n) is 2.84. The van der Waals surface area contributed by atoms with E-state index in [0.29, 0.717) is 21.8 Å². The van der Waals surface area contributed by atoms with E-state index < -0.39 is 4.92 Å². The molecule has 136 valence electrons. The van der Waals surface area contributed by atoms with Gasteiger partial charge in [-0.25, -0.2) is 4.68 Å².